The quantitative estimate of drug-likeness (QED) is 0.434. The zero-order valence-corrected chi connectivity index (χ0v) is 17.1. The molecule has 0 spiro atoms. The van der Waals surface area contributed by atoms with Crippen molar-refractivity contribution in [1.29, 1.82) is 0 Å². The molecule has 0 unspecified atom stereocenters. The molecule has 0 saturated carbocycles. The van der Waals surface area contributed by atoms with Crippen LogP contribution in [-0.4, -0.2) is 16.0 Å². The van der Waals surface area contributed by atoms with Crippen LogP contribution in [0.2, 0.25) is 0 Å². The lowest BCUT2D eigenvalue weighted by atomic mass is 10.1. The van der Waals surface area contributed by atoms with E-state index in [9.17, 15) is 4.79 Å². The van der Waals surface area contributed by atoms with E-state index in [1.807, 2.05) is 61.5 Å². The summed E-state index contributed by atoms with van der Waals surface area (Å²) in [5.41, 5.74) is 4.57. The van der Waals surface area contributed by atoms with E-state index in [1.165, 1.54) is 5.56 Å². The molecule has 0 aliphatic heterocycles. The van der Waals surface area contributed by atoms with Crippen molar-refractivity contribution in [2.24, 2.45) is 0 Å². The van der Waals surface area contributed by atoms with Crippen LogP contribution in [0.15, 0.2) is 83.5 Å². The molecular weight excluding hydrogens is 374 g/mol. The summed E-state index contributed by atoms with van der Waals surface area (Å²) < 4.78 is 5.46. The van der Waals surface area contributed by atoms with E-state index in [-0.39, 0.29) is 11.6 Å². The summed E-state index contributed by atoms with van der Waals surface area (Å²) in [6.07, 6.45) is 2.65. The SMILES string of the molecule is CCc1ccc(CN(C(=O)c2cc(-c3ccc(C)cc3)on2)c2ccccn2)cc1. The van der Waals surface area contributed by atoms with Crippen LogP contribution in [-0.2, 0) is 13.0 Å². The third-order valence-corrected chi connectivity index (χ3v) is 5.01. The Labute approximate surface area is 176 Å². The van der Waals surface area contributed by atoms with Crippen LogP contribution < -0.4 is 4.90 Å². The molecule has 0 N–H and O–H groups in total. The molecule has 0 radical (unpaired) electrons. The van der Waals surface area contributed by atoms with E-state index in [0.717, 1.165) is 23.1 Å². The number of carbonyl (C=O) groups is 1. The maximum absolute atomic E-state index is 13.3. The molecule has 4 aromatic rings. The number of anilines is 1. The van der Waals surface area contributed by atoms with Gasteiger partial charge in [0.15, 0.2) is 11.5 Å². The van der Waals surface area contributed by atoms with Crippen LogP contribution in [0.4, 0.5) is 5.82 Å². The van der Waals surface area contributed by atoms with Gasteiger partial charge in [0.2, 0.25) is 0 Å². The lowest BCUT2D eigenvalue weighted by Crippen LogP contribution is -2.31. The molecule has 2 heterocycles. The number of rotatable bonds is 6. The summed E-state index contributed by atoms with van der Waals surface area (Å²) >= 11 is 0. The van der Waals surface area contributed by atoms with Crippen molar-refractivity contribution in [1.82, 2.24) is 10.1 Å². The number of hydrogen-bond acceptors (Lipinski definition) is 4. The van der Waals surface area contributed by atoms with Crippen molar-refractivity contribution in [3.8, 4) is 11.3 Å². The molecule has 0 fully saturated rings. The summed E-state index contributed by atoms with van der Waals surface area (Å²) in [4.78, 5) is 19.3. The Bertz CT molecular complexity index is 1120. The van der Waals surface area contributed by atoms with Gasteiger partial charge in [-0.15, -0.1) is 0 Å². The second-order valence-corrected chi connectivity index (χ2v) is 7.19. The first-order chi connectivity index (χ1) is 14.6. The number of carbonyl (C=O) groups excluding carboxylic acids is 1. The molecule has 0 aliphatic carbocycles. The van der Waals surface area contributed by atoms with Gasteiger partial charge >= 0.3 is 0 Å². The van der Waals surface area contributed by atoms with Gasteiger partial charge in [0, 0.05) is 17.8 Å². The monoisotopic (exact) mass is 397 g/mol. The van der Waals surface area contributed by atoms with Crippen LogP contribution in [0.5, 0.6) is 0 Å². The molecule has 1 amide bonds. The van der Waals surface area contributed by atoms with Crippen molar-refractivity contribution in [2.45, 2.75) is 26.8 Å². The van der Waals surface area contributed by atoms with Gasteiger partial charge in [0.25, 0.3) is 5.91 Å². The number of pyridine rings is 1. The highest BCUT2D eigenvalue weighted by Gasteiger charge is 2.23. The normalized spacial score (nSPS) is 10.7. The summed E-state index contributed by atoms with van der Waals surface area (Å²) in [6, 6.07) is 23.4. The molecule has 2 aromatic carbocycles. The maximum atomic E-state index is 13.3. The fourth-order valence-electron chi connectivity index (χ4n) is 3.20. The Hall–Kier alpha value is -3.73. The lowest BCUT2D eigenvalue weighted by molar-refractivity contribution is 0.0975. The van der Waals surface area contributed by atoms with Gasteiger partial charge in [-0.3, -0.25) is 9.69 Å². The minimum atomic E-state index is -0.254. The van der Waals surface area contributed by atoms with Gasteiger partial charge in [-0.1, -0.05) is 72.2 Å². The minimum Gasteiger partial charge on any atom is -0.355 e. The fourth-order valence-corrected chi connectivity index (χ4v) is 3.20. The van der Waals surface area contributed by atoms with Crippen LogP contribution in [0, 0.1) is 6.92 Å². The number of nitrogens with zero attached hydrogens (tertiary/aromatic N) is 3. The van der Waals surface area contributed by atoms with E-state index < -0.39 is 0 Å². The van der Waals surface area contributed by atoms with Crippen molar-refractivity contribution in [3.63, 3.8) is 0 Å². The van der Waals surface area contributed by atoms with E-state index in [0.29, 0.717) is 18.1 Å². The van der Waals surface area contributed by atoms with E-state index in [2.05, 4.69) is 29.2 Å². The Balaban J connectivity index is 1.63. The highest BCUT2D eigenvalue weighted by Crippen LogP contribution is 2.23. The molecule has 4 rings (SSSR count). The third-order valence-electron chi connectivity index (χ3n) is 5.01. The third kappa shape index (κ3) is 4.30. The van der Waals surface area contributed by atoms with Crippen LogP contribution in [0.25, 0.3) is 11.3 Å². The molecule has 0 aliphatic rings. The maximum Gasteiger partial charge on any atom is 0.281 e. The van der Waals surface area contributed by atoms with Crippen LogP contribution >= 0.6 is 0 Å². The van der Waals surface area contributed by atoms with Crippen molar-refractivity contribution < 1.29 is 9.32 Å². The Kier molecular flexibility index (Phi) is 5.70. The smallest absolute Gasteiger partial charge is 0.281 e. The second-order valence-electron chi connectivity index (χ2n) is 7.19. The van der Waals surface area contributed by atoms with Crippen molar-refractivity contribution in [3.05, 3.63) is 101 Å². The first-order valence-corrected chi connectivity index (χ1v) is 9.98. The molecular formula is C25H23N3O2. The zero-order valence-electron chi connectivity index (χ0n) is 17.1. The van der Waals surface area contributed by atoms with Gasteiger partial charge in [-0.2, -0.15) is 0 Å². The molecule has 0 bridgehead atoms. The van der Waals surface area contributed by atoms with Gasteiger partial charge in [-0.05, 0) is 36.6 Å². The van der Waals surface area contributed by atoms with Gasteiger partial charge in [-0.25, -0.2) is 4.98 Å². The number of hydrogen-bond donors (Lipinski definition) is 0. The molecule has 5 nitrogen and oxygen atoms in total. The Morgan fingerprint density at radius 2 is 1.70 bits per heavy atom. The van der Waals surface area contributed by atoms with Gasteiger partial charge in [0.1, 0.15) is 5.82 Å². The average Bonchev–Trinajstić information content (AvgIpc) is 3.29. The second kappa shape index (κ2) is 8.74. The van der Waals surface area contributed by atoms with Crippen LogP contribution in [0.1, 0.15) is 34.1 Å². The predicted molar refractivity (Wildman–Crippen MR) is 117 cm³/mol. The highest BCUT2D eigenvalue weighted by atomic mass is 16.5. The summed E-state index contributed by atoms with van der Waals surface area (Å²) in [6.45, 7) is 4.54. The molecule has 150 valence electrons. The topological polar surface area (TPSA) is 59.2 Å². The average molecular weight is 397 g/mol. The molecule has 5 heteroatoms. The number of aromatic nitrogens is 2. The number of aryl methyl sites for hydroxylation is 2. The number of benzene rings is 2. The van der Waals surface area contributed by atoms with Crippen LogP contribution in [0.3, 0.4) is 0 Å². The first-order valence-electron chi connectivity index (χ1n) is 9.98. The van der Waals surface area contributed by atoms with Gasteiger partial charge in [0.05, 0.1) is 6.54 Å². The minimum absolute atomic E-state index is 0.251. The first kappa shape index (κ1) is 19.6. The fraction of sp³-hybridized carbons (Fsp3) is 0.160. The zero-order chi connectivity index (χ0) is 20.9. The van der Waals surface area contributed by atoms with E-state index in [4.69, 9.17) is 4.52 Å². The van der Waals surface area contributed by atoms with Crippen molar-refractivity contribution >= 4 is 11.7 Å². The molecule has 0 atom stereocenters. The summed E-state index contributed by atoms with van der Waals surface area (Å²) in [7, 11) is 0. The summed E-state index contributed by atoms with van der Waals surface area (Å²) in [5.74, 6) is 0.879. The number of amides is 1. The molecule has 0 saturated heterocycles. The predicted octanol–water partition coefficient (Wildman–Crippen LogP) is 5.45. The van der Waals surface area contributed by atoms with E-state index in [1.54, 1.807) is 17.2 Å². The van der Waals surface area contributed by atoms with E-state index >= 15 is 0 Å². The largest absolute Gasteiger partial charge is 0.355 e. The lowest BCUT2D eigenvalue weighted by Gasteiger charge is -2.20. The standard InChI is InChI=1S/C25H23N3O2/c1-3-19-9-11-20(12-10-19)17-28(24-6-4-5-15-26-24)25(29)22-16-23(30-27-22)21-13-7-18(2)8-14-21/h4-16H,3,17H2,1-2H3. The Morgan fingerprint density at radius 1 is 0.967 bits per heavy atom. The Morgan fingerprint density at radius 3 is 2.37 bits per heavy atom. The molecule has 2 aromatic heterocycles. The summed E-state index contributed by atoms with van der Waals surface area (Å²) in [5, 5.41) is 4.04. The van der Waals surface area contributed by atoms with Gasteiger partial charge < -0.3 is 4.52 Å². The highest BCUT2D eigenvalue weighted by molar-refractivity contribution is 6.04. The molecule has 30 heavy (non-hydrogen) atoms. The van der Waals surface area contributed by atoms with Crippen molar-refractivity contribution in [2.75, 3.05) is 4.90 Å².